The summed E-state index contributed by atoms with van der Waals surface area (Å²) in [4.78, 5) is 12.5. The van der Waals surface area contributed by atoms with Crippen molar-refractivity contribution in [1.82, 2.24) is 9.78 Å². The van der Waals surface area contributed by atoms with E-state index >= 15 is 0 Å². The molecule has 0 aliphatic rings. The molecule has 3 rings (SSSR count). The monoisotopic (exact) mass is 464 g/mol. The highest BCUT2D eigenvalue weighted by Crippen LogP contribution is 2.20. The molecular formula is C29H44N4O. The second-order valence-electron chi connectivity index (χ2n) is 9.06. The molecule has 1 amide bonds. The Labute approximate surface area is 206 Å². The van der Waals surface area contributed by atoms with Crippen LogP contribution in [0.3, 0.4) is 0 Å². The fraction of sp³-hybridized carbons (Fsp3) is 0.448. The molecule has 0 aliphatic carbocycles. The predicted octanol–water partition coefficient (Wildman–Crippen LogP) is 7.26. The van der Waals surface area contributed by atoms with Crippen LogP contribution < -0.4 is 11.1 Å². The molecule has 0 radical (unpaired) electrons. The van der Waals surface area contributed by atoms with Crippen LogP contribution in [-0.2, 0) is 24.8 Å². The van der Waals surface area contributed by atoms with Crippen molar-refractivity contribution >= 4 is 17.4 Å². The van der Waals surface area contributed by atoms with Gasteiger partial charge < -0.3 is 11.1 Å². The average Bonchev–Trinajstić information content (AvgIpc) is 3.21. The number of anilines is 2. The molecule has 3 aromatic rings. The van der Waals surface area contributed by atoms with Gasteiger partial charge >= 0.3 is 0 Å². The largest absolute Gasteiger partial charge is 0.384 e. The quantitative estimate of drug-likeness (QED) is 0.403. The summed E-state index contributed by atoms with van der Waals surface area (Å²) in [7, 11) is 0. The van der Waals surface area contributed by atoms with Crippen molar-refractivity contribution in [3.63, 3.8) is 0 Å². The summed E-state index contributed by atoms with van der Waals surface area (Å²) in [5, 5.41) is 7.63. The molecule has 0 unspecified atom stereocenters. The van der Waals surface area contributed by atoms with Crippen LogP contribution in [0.2, 0.25) is 0 Å². The molecule has 1 heterocycles. The summed E-state index contributed by atoms with van der Waals surface area (Å²) in [6.07, 6.45) is 3.84. The third-order valence-corrected chi connectivity index (χ3v) is 4.90. The van der Waals surface area contributed by atoms with Gasteiger partial charge in [0.15, 0.2) is 0 Å². The molecule has 0 saturated heterocycles. The standard InChI is InChI=1S/C24H30N4O.C3H8.C2H6/c1-5-17-9-12-19(13-10-17)23(29)26-20-8-6-7-18(15-20)11-14-21-16-22(25)28(27-21)24(2,3)4;1-3-2;1-2/h6-10,12-13,15-16H,5,11,14,25H2,1-4H3,(H,26,29);3H2,1-2H3;1-2H3. The zero-order valence-electron chi connectivity index (χ0n) is 22.4. The van der Waals surface area contributed by atoms with Crippen LogP contribution in [0.4, 0.5) is 11.5 Å². The third-order valence-electron chi connectivity index (χ3n) is 4.90. The normalized spacial score (nSPS) is 10.5. The molecule has 5 nitrogen and oxygen atoms in total. The molecule has 34 heavy (non-hydrogen) atoms. The molecule has 1 aromatic heterocycles. The number of benzene rings is 2. The van der Waals surface area contributed by atoms with Gasteiger partial charge in [0.2, 0.25) is 0 Å². The van der Waals surface area contributed by atoms with Crippen molar-refractivity contribution < 1.29 is 4.79 Å². The van der Waals surface area contributed by atoms with E-state index in [1.165, 1.54) is 12.0 Å². The molecule has 0 spiro atoms. The summed E-state index contributed by atoms with van der Waals surface area (Å²) in [5.74, 6) is 0.587. The van der Waals surface area contributed by atoms with Crippen LogP contribution >= 0.6 is 0 Å². The summed E-state index contributed by atoms with van der Waals surface area (Å²) in [5.41, 5.74) is 10.8. The van der Waals surface area contributed by atoms with Crippen LogP contribution in [-0.4, -0.2) is 15.7 Å². The maximum atomic E-state index is 12.5. The number of carbonyl (C=O) groups excluding carboxylic acids is 1. The predicted molar refractivity (Wildman–Crippen MR) is 147 cm³/mol. The maximum Gasteiger partial charge on any atom is 0.255 e. The lowest BCUT2D eigenvalue weighted by Gasteiger charge is -2.20. The molecule has 186 valence electrons. The number of hydrogen-bond acceptors (Lipinski definition) is 3. The van der Waals surface area contributed by atoms with Gasteiger partial charge in [-0.3, -0.25) is 4.79 Å². The lowest BCUT2D eigenvalue weighted by atomic mass is 10.1. The number of hydrogen-bond donors (Lipinski definition) is 2. The van der Waals surface area contributed by atoms with Crippen LogP contribution in [0, 0.1) is 0 Å². The number of nitrogens with two attached hydrogens (primary N) is 1. The highest BCUT2D eigenvalue weighted by Gasteiger charge is 2.18. The SMILES string of the molecule is CC.CCC.CCc1ccc(C(=O)Nc2cccc(CCc3cc(N)n(C(C)(C)C)n3)c2)cc1. The Balaban J connectivity index is 0.00000107. The number of amides is 1. The van der Waals surface area contributed by atoms with E-state index in [2.05, 4.69) is 58.0 Å². The Bertz CT molecular complexity index is 998. The first-order valence-electron chi connectivity index (χ1n) is 12.5. The van der Waals surface area contributed by atoms with Gasteiger partial charge in [0, 0.05) is 17.3 Å². The van der Waals surface area contributed by atoms with Crippen molar-refractivity contribution in [3.05, 3.63) is 77.0 Å². The summed E-state index contributed by atoms with van der Waals surface area (Å²) in [6.45, 7) is 16.6. The first-order chi connectivity index (χ1) is 16.2. The second kappa shape index (κ2) is 14.2. The number of nitrogen functional groups attached to an aromatic ring is 1. The topological polar surface area (TPSA) is 72.9 Å². The van der Waals surface area contributed by atoms with Crippen molar-refractivity contribution in [2.24, 2.45) is 0 Å². The van der Waals surface area contributed by atoms with Crippen molar-refractivity contribution in [3.8, 4) is 0 Å². The van der Waals surface area contributed by atoms with Crippen LogP contribution in [0.1, 0.15) is 89.0 Å². The Morgan fingerprint density at radius 2 is 1.56 bits per heavy atom. The molecule has 5 heteroatoms. The van der Waals surface area contributed by atoms with Crippen molar-refractivity contribution in [2.75, 3.05) is 11.1 Å². The second-order valence-corrected chi connectivity index (χ2v) is 9.06. The van der Waals surface area contributed by atoms with Gasteiger partial charge in [-0.05, 0) is 75.4 Å². The van der Waals surface area contributed by atoms with E-state index in [1.807, 2.05) is 67.1 Å². The molecule has 0 saturated carbocycles. The molecule has 0 aliphatic heterocycles. The molecular weight excluding hydrogens is 420 g/mol. The van der Waals surface area contributed by atoms with E-state index in [4.69, 9.17) is 5.73 Å². The lowest BCUT2D eigenvalue weighted by molar-refractivity contribution is 0.102. The first-order valence-corrected chi connectivity index (χ1v) is 12.5. The summed E-state index contributed by atoms with van der Waals surface area (Å²) in [6, 6.07) is 17.6. The zero-order valence-corrected chi connectivity index (χ0v) is 22.4. The van der Waals surface area contributed by atoms with Gasteiger partial charge in [0.05, 0.1) is 11.2 Å². The molecule has 3 N–H and O–H groups in total. The van der Waals surface area contributed by atoms with Gasteiger partial charge in [-0.2, -0.15) is 5.10 Å². The minimum absolute atomic E-state index is 0.0958. The third kappa shape index (κ3) is 9.05. The number of carbonyl (C=O) groups is 1. The van der Waals surface area contributed by atoms with Gasteiger partial charge in [-0.25, -0.2) is 4.68 Å². The van der Waals surface area contributed by atoms with Gasteiger partial charge in [-0.15, -0.1) is 0 Å². The van der Waals surface area contributed by atoms with E-state index in [1.54, 1.807) is 0 Å². The molecule has 0 bridgehead atoms. The smallest absolute Gasteiger partial charge is 0.255 e. The Kier molecular flexibility index (Phi) is 12.1. The number of aryl methyl sites for hydroxylation is 3. The molecule has 0 atom stereocenters. The minimum Gasteiger partial charge on any atom is -0.384 e. The highest BCUT2D eigenvalue weighted by atomic mass is 16.1. The fourth-order valence-electron chi connectivity index (χ4n) is 3.28. The zero-order chi connectivity index (χ0) is 25.7. The number of nitrogens with zero attached hydrogens (tertiary/aromatic N) is 2. The van der Waals surface area contributed by atoms with E-state index in [9.17, 15) is 4.79 Å². The lowest BCUT2D eigenvalue weighted by Crippen LogP contribution is -2.24. The Hall–Kier alpha value is -3.08. The Morgan fingerprint density at radius 1 is 0.941 bits per heavy atom. The number of nitrogens with one attached hydrogen (secondary N) is 1. The summed E-state index contributed by atoms with van der Waals surface area (Å²) < 4.78 is 1.86. The number of rotatable bonds is 6. The minimum atomic E-state index is -0.137. The average molecular weight is 465 g/mol. The first kappa shape index (κ1) is 29.0. The van der Waals surface area contributed by atoms with Crippen LogP contribution in [0.15, 0.2) is 54.6 Å². The van der Waals surface area contributed by atoms with E-state index < -0.39 is 0 Å². The van der Waals surface area contributed by atoms with Crippen molar-refractivity contribution in [1.29, 1.82) is 0 Å². The van der Waals surface area contributed by atoms with Crippen molar-refractivity contribution in [2.45, 2.75) is 86.6 Å². The van der Waals surface area contributed by atoms with Crippen LogP contribution in [0.25, 0.3) is 0 Å². The molecule has 2 aromatic carbocycles. The van der Waals surface area contributed by atoms with E-state index in [0.717, 1.165) is 36.2 Å². The van der Waals surface area contributed by atoms with Crippen LogP contribution in [0.5, 0.6) is 0 Å². The van der Waals surface area contributed by atoms with Gasteiger partial charge in [0.1, 0.15) is 5.82 Å². The van der Waals surface area contributed by atoms with E-state index in [0.29, 0.717) is 11.4 Å². The fourth-order valence-corrected chi connectivity index (χ4v) is 3.28. The highest BCUT2D eigenvalue weighted by molar-refractivity contribution is 6.04. The van der Waals surface area contributed by atoms with Gasteiger partial charge in [0.25, 0.3) is 5.91 Å². The molecule has 0 fully saturated rings. The summed E-state index contributed by atoms with van der Waals surface area (Å²) >= 11 is 0. The van der Waals surface area contributed by atoms with Gasteiger partial charge in [-0.1, -0.05) is 65.3 Å². The van der Waals surface area contributed by atoms with E-state index in [-0.39, 0.29) is 11.4 Å². The Morgan fingerprint density at radius 3 is 2.09 bits per heavy atom. The maximum absolute atomic E-state index is 12.5. The number of aromatic nitrogens is 2.